The van der Waals surface area contributed by atoms with Crippen LogP contribution in [0, 0.1) is 5.82 Å². The second-order valence-electron chi connectivity index (χ2n) is 5.80. The van der Waals surface area contributed by atoms with E-state index in [2.05, 4.69) is 21.9 Å². The van der Waals surface area contributed by atoms with Crippen LogP contribution in [0.5, 0.6) is 11.6 Å². The molecule has 0 saturated heterocycles. The molecule has 1 N–H and O–H groups in total. The lowest BCUT2D eigenvalue weighted by Gasteiger charge is -2.22. The van der Waals surface area contributed by atoms with Crippen LogP contribution in [-0.4, -0.2) is 22.5 Å². The Morgan fingerprint density at radius 2 is 2.07 bits per heavy atom. The van der Waals surface area contributed by atoms with Gasteiger partial charge in [-0.2, -0.15) is 0 Å². The van der Waals surface area contributed by atoms with Crippen LogP contribution in [0.4, 0.5) is 14.9 Å². The molecule has 1 aromatic carbocycles. The molecule has 28 heavy (non-hydrogen) atoms. The zero-order chi connectivity index (χ0) is 19.8. The fourth-order valence-corrected chi connectivity index (χ4v) is 2.43. The lowest BCUT2D eigenvalue weighted by molar-refractivity contribution is 0.247. The molecule has 0 bridgehead atoms. The van der Waals surface area contributed by atoms with E-state index in [1.165, 1.54) is 23.2 Å². The number of carbonyl (C=O) groups excluding carboxylic acids is 1. The number of rotatable bonds is 7. The van der Waals surface area contributed by atoms with Gasteiger partial charge in [0.2, 0.25) is 5.88 Å². The van der Waals surface area contributed by atoms with Crippen molar-refractivity contribution < 1.29 is 13.9 Å². The van der Waals surface area contributed by atoms with Crippen molar-refractivity contribution in [1.82, 2.24) is 15.3 Å². The van der Waals surface area contributed by atoms with Gasteiger partial charge in [-0.3, -0.25) is 9.88 Å². The van der Waals surface area contributed by atoms with Crippen LogP contribution in [-0.2, 0) is 6.54 Å². The number of halogens is 1. The number of ether oxygens (including phenoxy) is 1. The molecule has 2 heterocycles. The number of hydrogen-bond acceptors (Lipinski definition) is 4. The van der Waals surface area contributed by atoms with Crippen molar-refractivity contribution in [3.63, 3.8) is 0 Å². The Labute approximate surface area is 162 Å². The summed E-state index contributed by atoms with van der Waals surface area (Å²) in [6.07, 6.45) is 4.79. The molecule has 0 radical (unpaired) electrons. The highest BCUT2D eigenvalue weighted by Crippen LogP contribution is 2.23. The van der Waals surface area contributed by atoms with Gasteiger partial charge < -0.3 is 10.1 Å². The molecule has 0 aliphatic heterocycles. The number of hydrogen-bond donors (Lipinski definition) is 1. The third-order valence-electron chi connectivity index (χ3n) is 3.74. The first-order valence-corrected chi connectivity index (χ1v) is 8.61. The number of pyridine rings is 2. The van der Waals surface area contributed by atoms with Crippen LogP contribution in [0.1, 0.15) is 5.69 Å². The summed E-state index contributed by atoms with van der Waals surface area (Å²) < 4.78 is 18.8. The molecule has 0 aliphatic rings. The molecule has 2 aromatic heterocycles. The molecule has 3 rings (SSSR count). The van der Waals surface area contributed by atoms with E-state index in [-0.39, 0.29) is 12.6 Å². The minimum atomic E-state index is -0.394. The molecular formula is C21H19FN4O2. The monoisotopic (exact) mass is 378 g/mol. The molecular weight excluding hydrogens is 359 g/mol. The normalized spacial score (nSPS) is 10.2. The number of nitrogens with zero attached hydrogens (tertiary/aromatic N) is 3. The Balaban J connectivity index is 1.78. The molecule has 3 aromatic rings. The first-order valence-electron chi connectivity index (χ1n) is 8.61. The summed E-state index contributed by atoms with van der Waals surface area (Å²) in [5.41, 5.74) is 1.30. The predicted molar refractivity (Wildman–Crippen MR) is 105 cm³/mol. The summed E-state index contributed by atoms with van der Waals surface area (Å²) in [4.78, 5) is 22.6. The largest absolute Gasteiger partial charge is 0.439 e. The van der Waals surface area contributed by atoms with Crippen LogP contribution in [0.25, 0.3) is 0 Å². The maximum atomic E-state index is 13.3. The third kappa shape index (κ3) is 5.14. The summed E-state index contributed by atoms with van der Waals surface area (Å²) in [5.74, 6) is 0.238. The second kappa shape index (κ2) is 9.27. The molecule has 0 saturated carbocycles. The average Bonchev–Trinajstić information content (AvgIpc) is 2.72. The topological polar surface area (TPSA) is 67.4 Å². The number of nitrogens with one attached hydrogen (secondary N) is 1. The van der Waals surface area contributed by atoms with Crippen LogP contribution in [0.2, 0.25) is 0 Å². The Hall–Kier alpha value is -3.74. The highest BCUT2D eigenvalue weighted by molar-refractivity contribution is 5.91. The van der Waals surface area contributed by atoms with Crippen molar-refractivity contribution in [3.05, 3.63) is 91.2 Å². The Kier molecular flexibility index (Phi) is 6.30. The van der Waals surface area contributed by atoms with E-state index in [1.54, 1.807) is 36.5 Å². The molecule has 2 amide bonds. The van der Waals surface area contributed by atoms with Crippen molar-refractivity contribution in [3.8, 4) is 11.6 Å². The van der Waals surface area contributed by atoms with Crippen molar-refractivity contribution in [2.24, 2.45) is 0 Å². The molecule has 0 spiro atoms. The van der Waals surface area contributed by atoms with Crippen molar-refractivity contribution in [2.75, 3.05) is 11.4 Å². The van der Waals surface area contributed by atoms with Crippen molar-refractivity contribution in [1.29, 1.82) is 0 Å². The molecule has 0 atom stereocenters. The first kappa shape index (κ1) is 19.0. The number of anilines is 1. The van der Waals surface area contributed by atoms with Gasteiger partial charge in [0.1, 0.15) is 11.6 Å². The maximum absolute atomic E-state index is 13.3. The van der Waals surface area contributed by atoms with Gasteiger partial charge in [0.25, 0.3) is 0 Å². The van der Waals surface area contributed by atoms with Gasteiger partial charge in [0.05, 0.1) is 24.1 Å². The second-order valence-corrected chi connectivity index (χ2v) is 5.80. The van der Waals surface area contributed by atoms with Crippen LogP contribution in [0.15, 0.2) is 79.6 Å². The van der Waals surface area contributed by atoms with Crippen molar-refractivity contribution >= 4 is 11.7 Å². The van der Waals surface area contributed by atoms with Gasteiger partial charge in [-0.1, -0.05) is 18.2 Å². The SMILES string of the molecule is C=CCNC(=O)N(Cc1ccccn1)c1ccc(Oc2cccc(F)c2)nc1. The fraction of sp³-hybridized carbons (Fsp3) is 0.0952. The van der Waals surface area contributed by atoms with Gasteiger partial charge in [0.15, 0.2) is 0 Å². The highest BCUT2D eigenvalue weighted by atomic mass is 19.1. The van der Waals surface area contributed by atoms with E-state index in [0.29, 0.717) is 23.9 Å². The molecule has 142 valence electrons. The molecule has 0 fully saturated rings. The highest BCUT2D eigenvalue weighted by Gasteiger charge is 2.17. The van der Waals surface area contributed by atoms with E-state index in [0.717, 1.165) is 5.69 Å². The lowest BCUT2D eigenvalue weighted by atomic mass is 10.3. The summed E-state index contributed by atoms with van der Waals surface area (Å²) in [6.45, 7) is 4.22. The van der Waals surface area contributed by atoms with E-state index in [9.17, 15) is 9.18 Å². The maximum Gasteiger partial charge on any atom is 0.322 e. The third-order valence-corrected chi connectivity index (χ3v) is 3.74. The van der Waals surface area contributed by atoms with Gasteiger partial charge >= 0.3 is 6.03 Å². The summed E-state index contributed by atoms with van der Waals surface area (Å²) >= 11 is 0. The van der Waals surface area contributed by atoms with Crippen LogP contribution >= 0.6 is 0 Å². The molecule has 7 heteroatoms. The Bertz CT molecular complexity index is 933. The minimum Gasteiger partial charge on any atom is -0.439 e. The number of carbonyl (C=O) groups is 1. The van der Waals surface area contributed by atoms with E-state index in [4.69, 9.17) is 4.74 Å². The van der Waals surface area contributed by atoms with Crippen molar-refractivity contribution in [2.45, 2.75) is 6.54 Å². The fourth-order valence-electron chi connectivity index (χ4n) is 2.43. The average molecular weight is 378 g/mol. The Morgan fingerprint density at radius 3 is 2.75 bits per heavy atom. The summed E-state index contributed by atoms with van der Waals surface area (Å²) in [5, 5.41) is 2.75. The smallest absolute Gasteiger partial charge is 0.322 e. The zero-order valence-electron chi connectivity index (χ0n) is 15.1. The van der Waals surface area contributed by atoms with E-state index in [1.807, 2.05) is 18.2 Å². The number of benzene rings is 1. The quantitative estimate of drug-likeness (QED) is 0.622. The van der Waals surface area contributed by atoms with E-state index >= 15 is 0 Å². The lowest BCUT2D eigenvalue weighted by Crippen LogP contribution is -2.40. The zero-order valence-corrected chi connectivity index (χ0v) is 15.1. The summed E-state index contributed by atoms with van der Waals surface area (Å²) in [6, 6.07) is 14.3. The van der Waals surface area contributed by atoms with E-state index < -0.39 is 5.82 Å². The van der Waals surface area contributed by atoms with Gasteiger partial charge in [-0.15, -0.1) is 6.58 Å². The van der Waals surface area contributed by atoms with Crippen LogP contribution in [0.3, 0.4) is 0 Å². The predicted octanol–water partition coefficient (Wildman–Crippen LogP) is 4.31. The molecule has 0 unspecified atom stereocenters. The molecule has 6 nitrogen and oxygen atoms in total. The van der Waals surface area contributed by atoms with Gasteiger partial charge in [0, 0.05) is 24.9 Å². The molecule has 0 aliphatic carbocycles. The standard InChI is InChI=1S/C21H19FN4O2/c1-2-11-24-21(27)26(15-17-7-3-4-12-23-17)18-9-10-20(25-14-18)28-19-8-5-6-16(22)13-19/h2-10,12-14H,1,11,15H2,(H,24,27). The number of urea groups is 1. The van der Waals surface area contributed by atoms with Gasteiger partial charge in [-0.05, 0) is 30.3 Å². The summed E-state index contributed by atoms with van der Waals surface area (Å²) in [7, 11) is 0. The van der Waals surface area contributed by atoms with Crippen LogP contribution < -0.4 is 15.0 Å². The van der Waals surface area contributed by atoms with Gasteiger partial charge in [-0.25, -0.2) is 14.2 Å². The first-order chi connectivity index (χ1) is 13.7. The Morgan fingerprint density at radius 1 is 1.18 bits per heavy atom. The number of amides is 2. The number of aromatic nitrogens is 2. The minimum absolute atomic E-state index is 0.273.